The van der Waals surface area contributed by atoms with Gasteiger partial charge in [0.15, 0.2) is 0 Å². The molecule has 2 heterocycles. The smallest absolute Gasteiger partial charge is 0.342 e. The summed E-state index contributed by atoms with van der Waals surface area (Å²) in [6.45, 7) is 5.99. The summed E-state index contributed by atoms with van der Waals surface area (Å²) in [7, 11) is 0. The van der Waals surface area contributed by atoms with Crippen molar-refractivity contribution in [2.24, 2.45) is 0 Å². The molecular weight excluding hydrogens is 274 g/mol. The summed E-state index contributed by atoms with van der Waals surface area (Å²) < 4.78 is 5.09. The molecule has 0 aliphatic carbocycles. The summed E-state index contributed by atoms with van der Waals surface area (Å²) in [5.74, 6) is 0.402. The van der Waals surface area contributed by atoms with Crippen LogP contribution >= 0.6 is 11.8 Å². The molecule has 0 unspecified atom stereocenters. The van der Waals surface area contributed by atoms with Gasteiger partial charge >= 0.3 is 5.97 Å². The van der Waals surface area contributed by atoms with Crippen molar-refractivity contribution in [1.29, 1.82) is 0 Å². The van der Waals surface area contributed by atoms with Crippen LogP contribution in [0.1, 0.15) is 42.2 Å². The van der Waals surface area contributed by atoms with Crippen molar-refractivity contribution < 1.29 is 9.53 Å². The van der Waals surface area contributed by atoms with E-state index in [2.05, 4.69) is 14.9 Å². The van der Waals surface area contributed by atoms with Crippen molar-refractivity contribution in [1.82, 2.24) is 9.97 Å². The number of carbonyl (C=O) groups is 1. The summed E-state index contributed by atoms with van der Waals surface area (Å²) >= 11 is 1.46. The number of ether oxygens (including phenoxy) is 1. The molecular formula is C14H21N3O2S. The van der Waals surface area contributed by atoms with E-state index >= 15 is 0 Å². The van der Waals surface area contributed by atoms with Crippen LogP contribution in [0.15, 0.2) is 5.03 Å². The van der Waals surface area contributed by atoms with Crippen molar-refractivity contribution in [3.8, 4) is 0 Å². The first-order valence-electron chi connectivity index (χ1n) is 7.02. The number of aromatic nitrogens is 2. The zero-order valence-electron chi connectivity index (χ0n) is 12.3. The number of rotatable bonds is 4. The Morgan fingerprint density at radius 3 is 2.60 bits per heavy atom. The average Bonchev–Trinajstić information content (AvgIpc) is 2.47. The Morgan fingerprint density at radius 1 is 1.30 bits per heavy atom. The van der Waals surface area contributed by atoms with Crippen molar-refractivity contribution in [3.63, 3.8) is 0 Å². The lowest BCUT2D eigenvalue weighted by atomic mass is 10.1. The first-order chi connectivity index (χ1) is 9.67. The minimum Gasteiger partial charge on any atom is -0.462 e. The third-order valence-electron chi connectivity index (χ3n) is 3.36. The van der Waals surface area contributed by atoms with Gasteiger partial charge in [0.05, 0.1) is 12.3 Å². The number of carbonyl (C=O) groups excluding carboxylic acids is 1. The van der Waals surface area contributed by atoms with E-state index in [9.17, 15) is 4.79 Å². The predicted molar refractivity (Wildman–Crippen MR) is 80.6 cm³/mol. The molecule has 0 bridgehead atoms. The molecule has 0 amide bonds. The molecule has 0 radical (unpaired) electrons. The standard InChI is InChI=1S/C14H21N3O2S/c1-4-19-13(18)11-10(2)15-14(16-12(11)20-3)17-8-6-5-7-9-17/h4-9H2,1-3H3. The van der Waals surface area contributed by atoms with Crippen molar-refractivity contribution in [2.75, 3.05) is 30.9 Å². The molecule has 0 aromatic carbocycles. The molecule has 0 N–H and O–H groups in total. The zero-order valence-corrected chi connectivity index (χ0v) is 13.1. The Labute approximate surface area is 124 Å². The van der Waals surface area contributed by atoms with Gasteiger partial charge in [-0.3, -0.25) is 0 Å². The quantitative estimate of drug-likeness (QED) is 0.483. The Hall–Kier alpha value is -1.30. The Balaban J connectivity index is 2.34. The van der Waals surface area contributed by atoms with Crippen LogP contribution in [0, 0.1) is 6.92 Å². The number of thioether (sulfide) groups is 1. The van der Waals surface area contributed by atoms with Crippen molar-refractivity contribution in [2.45, 2.75) is 38.1 Å². The number of nitrogens with zero attached hydrogens (tertiary/aromatic N) is 3. The van der Waals surface area contributed by atoms with Gasteiger partial charge in [0.25, 0.3) is 0 Å². The molecule has 1 fully saturated rings. The fraction of sp³-hybridized carbons (Fsp3) is 0.643. The lowest BCUT2D eigenvalue weighted by Crippen LogP contribution is -2.31. The fourth-order valence-electron chi connectivity index (χ4n) is 2.35. The minimum absolute atomic E-state index is 0.334. The number of piperidine rings is 1. The lowest BCUT2D eigenvalue weighted by Gasteiger charge is -2.27. The van der Waals surface area contributed by atoms with Crippen LogP contribution in [-0.4, -0.2) is 41.9 Å². The summed E-state index contributed by atoms with van der Waals surface area (Å²) in [6, 6.07) is 0. The van der Waals surface area contributed by atoms with E-state index in [0.717, 1.165) is 19.0 Å². The number of aryl methyl sites for hydroxylation is 1. The first kappa shape index (κ1) is 15.1. The van der Waals surface area contributed by atoms with Gasteiger partial charge in [-0.25, -0.2) is 14.8 Å². The number of esters is 1. The molecule has 1 aliphatic heterocycles. The van der Waals surface area contributed by atoms with Gasteiger partial charge in [-0.1, -0.05) is 0 Å². The number of anilines is 1. The van der Waals surface area contributed by atoms with E-state index in [1.165, 1.54) is 31.0 Å². The van der Waals surface area contributed by atoms with Crippen LogP contribution < -0.4 is 4.90 Å². The van der Waals surface area contributed by atoms with E-state index in [0.29, 0.717) is 22.9 Å². The molecule has 0 spiro atoms. The lowest BCUT2D eigenvalue weighted by molar-refractivity contribution is 0.0520. The van der Waals surface area contributed by atoms with E-state index < -0.39 is 0 Å². The third-order valence-corrected chi connectivity index (χ3v) is 4.04. The van der Waals surface area contributed by atoms with E-state index in [1.54, 1.807) is 6.92 Å². The van der Waals surface area contributed by atoms with Gasteiger partial charge in [0.2, 0.25) is 5.95 Å². The highest BCUT2D eigenvalue weighted by Gasteiger charge is 2.22. The van der Waals surface area contributed by atoms with Gasteiger partial charge in [0, 0.05) is 13.1 Å². The normalized spacial score (nSPS) is 15.2. The second-order valence-corrected chi connectivity index (χ2v) is 5.56. The predicted octanol–water partition coefficient (Wildman–Crippen LogP) is 2.67. The first-order valence-corrected chi connectivity index (χ1v) is 8.24. The average molecular weight is 295 g/mol. The highest BCUT2D eigenvalue weighted by atomic mass is 32.2. The highest BCUT2D eigenvalue weighted by molar-refractivity contribution is 7.98. The van der Waals surface area contributed by atoms with Crippen LogP contribution in [-0.2, 0) is 4.74 Å². The van der Waals surface area contributed by atoms with Crippen LogP contribution in [0.3, 0.4) is 0 Å². The Bertz CT molecular complexity index is 488. The molecule has 0 atom stereocenters. The molecule has 0 saturated carbocycles. The van der Waals surface area contributed by atoms with Gasteiger partial charge in [-0.2, -0.15) is 0 Å². The summed E-state index contributed by atoms with van der Waals surface area (Å²) in [6.07, 6.45) is 5.55. The summed E-state index contributed by atoms with van der Waals surface area (Å²) in [5, 5.41) is 0.705. The van der Waals surface area contributed by atoms with Crippen LogP contribution in [0.25, 0.3) is 0 Å². The molecule has 20 heavy (non-hydrogen) atoms. The topological polar surface area (TPSA) is 55.3 Å². The number of hydrogen-bond acceptors (Lipinski definition) is 6. The molecule has 1 aromatic rings. The van der Waals surface area contributed by atoms with Gasteiger partial charge in [0.1, 0.15) is 10.6 Å². The SMILES string of the molecule is CCOC(=O)c1c(C)nc(N2CCCCC2)nc1SC. The third kappa shape index (κ3) is 3.23. The molecule has 1 aromatic heterocycles. The maximum absolute atomic E-state index is 12.0. The van der Waals surface area contributed by atoms with Crippen LogP contribution in [0.5, 0.6) is 0 Å². The molecule has 5 nitrogen and oxygen atoms in total. The highest BCUT2D eigenvalue weighted by Crippen LogP contribution is 2.25. The summed E-state index contributed by atoms with van der Waals surface area (Å²) in [4.78, 5) is 23.3. The molecule has 1 saturated heterocycles. The molecule has 2 rings (SSSR count). The zero-order chi connectivity index (χ0) is 14.5. The van der Waals surface area contributed by atoms with E-state index in [4.69, 9.17) is 4.74 Å². The largest absolute Gasteiger partial charge is 0.462 e. The minimum atomic E-state index is -0.334. The maximum Gasteiger partial charge on any atom is 0.342 e. The van der Waals surface area contributed by atoms with Gasteiger partial charge in [-0.05, 0) is 39.4 Å². The number of hydrogen-bond donors (Lipinski definition) is 0. The van der Waals surface area contributed by atoms with Crippen LogP contribution in [0.2, 0.25) is 0 Å². The van der Waals surface area contributed by atoms with Gasteiger partial charge in [-0.15, -0.1) is 11.8 Å². The molecule has 1 aliphatic rings. The van der Waals surface area contributed by atoms with E-state index in [1.807, 2.05) is 13.2 Å². The fourth-order valence-corrected chi connectivity index (χ4v) is 2.96. The Morgan fingerprint density at radius 2 is 2.00 bits per heavy atom. The second-order valence-electron chi connectivity index (χ2n) is 4.76. The molecule has 110 valence electrons. The van der Waals surface area contributed by atoms with Crippen molar-refractivity contribution in [3.05, 3.63) is 11.3 Å². The summed E-state index contributed by atoms with van der Waals surface area (Å²) in [5.41, 5.74) is 1.20. The molecule has 6 heteroatoms. The van der Waals surface area contributed by atoms with Crippen molar-refractivity contribution >= 4 is 23.7 Å². The second kappa shape index (κ2) is 6.92. The monoisotopic (exact) mass is 295 g/mol. The van der Waals surface area contributed by atoms with E-state index in [-0.39, 0.29) is 5.97 Å². The Kier molecular flexibility index (Phi) is 5.23. The van der Waals surface area contributed by atoms with Crippen LogP contribution in [0.4, 0.5) is 5.95 Å². The van der Waals surface area contributed by atoms with Gasteiger partial charge < -0.3 is 9.64 Å². The maximum atomic E-state index is 12.0.